The summed E-state index contributed by atoms with van der Waals surface area (Å²) in [6, 6.07) is 3.93. The molecular formula is C13H26O2Si. The van der Waals surface area contributed by atoms with Crippen molar-refractivity contribution in [3.63, 3.8) is 0 Å². The smallest absolute Gasteiger partial charge is 0.330 e. The first-order chi connectivity index (χ1) is 7.52. The molecule has 0 saturated heterocycles. The number of carbonyl (C=O) groups is 1. The van der Waals surface area contributed by atoms with E-state index in [1.165, 1.54) is 24.2 Å². The van der Waals surface area contributed by atoms with Gasteiger partial charge in [-0.15, -0.1) is 0 Å². The molecule has 0 amide bonds. The Labute approximate surface area is 101 Å². The molecule has 0 rings (SSSR count). The Morgan fingerprint density at radius 2 is 1.94 bits per heavy atom. The molecule has 0 saturated carbocycles. The third-order valence-electron chi connectivity index (χ3n) is 3.86. The van der Waals surface area contributed by atoms with Crippen LogP contribution in [-0.2, 0) is 9.53 Å². The lowest BCUT2D eigenvalue weighted by Gasteiger charge is -2.33. The summed E-state index contributed by atoms with van der Waals surface area (Å²) in [7, 11) is -1.12. The van der Waals surface area contributed by atoms with E-state index in [1.807, 2.05) is 0 Å². The molecule has 0 N–H and O–H groups in total. The molecular weight excluding hydrogens is 216 g/mol. The largest absolute Gasteiger partial charge is 0.463 e. The van der Waals surface area contributed by atoms with Gasteiger partial charge in [0.1, 0.15) is 0 Å². The minimum absolute atomic E-state index is 0.301. The normalized spacial score (nSPS) is 11.6. The first-order valence-electron chi connectivity index (χ1n) is 6.31. The molecule has 0 atom stereocenters. The zero-order valence-electron chi connectivity index (χ0n) is 11.2. The fourth-order valence-corrected chi connectivity index (χ4v) is 6.63. The van der Waals surface area contributed by atoms with Crippen LogP contribution < -0.4 is 0 Å². The fraction of sp³-hybridized carbons (Fsp3) is 0.769. The van der Waals surface area contributed by atoms with Gasteiger partial charge in [-0.05, 0) is 6.42 Å². The van der Waals surface area contributed by atoms with E-state index in [4.69, 9.17) is 4.74 Å². The second kappa shape index (κ2) is 7.66. The van der Waals surface area contributed by atoms with E-state index in [1.54, 1.807) is 0 Å². The number of hydrogen-bond acceptors (Lipinski definition) is 2. The minimum Gasteiger partial charge on any atom is -0.463 e. The first kappa shape index (κ1) is 15.4. The average molecular weight is 242 g/mol. The summed E-state index contributed by atoms with van der Waals surface area (Å²) in [6.45, 7) is 13.2. The Balaban J connectivity index is 4.03. The Kier molecular flexibility index (Phi) is 7.39. The van der Waals surface area contributed by atoms with Crippen LogP contribution >= 0.6 is 0 Å². The molecule has 94 valence electrons. The van der Waals surface area contributed by atoms with E-state index >= 15 is 0 Å². The zero-order valence-corrected chi connectivity index (χ0v) is 12.2. The third kappa shape index (κ3) is 4.52. The van der Waals surface area contributed by atoms with Crippen molar-refractivity contribution >= 4 is 14.0 Å². The van der Waals surface area contributed by atoms with Crippen molar-refractivity contribution in [2.24, 2.45) is 0 Å². The van der Waals surface area contributed by atoms with Gasteiger partial charge in [-0.1, -0.05) is 57.9 Å². The number of carbonyl (C=O) groups excluding carboxylic acids is 1. The van der Waals surface area contributed by atoms with Crippen LogP contribution in [0.4, 0.5) is 0 Å². The van der Waals surface area contributed by atoms with Crippen LogP contribution in [0.15, 0.2) is 12.7 Å². The van der Waals surface area contributed by atoms with Gasteiger partial charge in [-0.3, -0.25) is 0 Å². The van der Waals surface area contributed by atoms with Crippen LogP contribution in [0.25, 0.3) is 0 Å². The maximum absolute atomic E-state index is 10.9. The van der Waals surface area contributed by atoms with Crippen LogP contribution in [-0.4, -0.2) is 20.7 Å². The number of ether oxygens (including phenoxy) is 1. The van der Waals surface area contributed by atoms with Crippen molar-refractivity contribution in [3.8, 4) is 0 Å². The predicted molar refractivity (Wildman–Crippen MR) is 72.4 cm³/mol. The number of rotatable bonds is 8. The van der Waals surface area contributed by atoms with E-state index in [2.05, 4.69) is 34.3 Å². The number of esters is 1. The van der Waals surface area contributed by atoms with Gasteiger partial charge in [0.15, 0.2) is 0 Å². The van der Waals surface area contributed by atoms with Crippen LogP contribution in [0.2, 0.25) is 23.7 Å². The number of hydrogen-bond donors (Lipinski definition) is 0. The molecule has 0 spiro atoms. The van der Waals surface area contributed by atoms with Gasteiger partial charge in [0, 0.05) is 6.08 Å². The van der Waals surface area contributed by atoms with Gasteiger partial charge in [0.05, 0.1) is 14.7 Å². The Morgan fingerprint density at radius 1 is 1.38 bits per heavy atom. The fourth-order valence-electron chi connectivity index (χ4n) is 2.36. The topological polar surface area (TPSA) is 26.3 Å². The molecule has 3 heteroatoms. The molecule has 0 fully saturated rings. The summed E-state index contributed by atoms with van der Waals surface area (Å²) in [5.74, 6) is -0.301. The van der Waals surface area contributed by atoms with Gasteiger partial charge < -0.3 is 4.74 Å². The second-order valence-corrected chi connectivity index (χ2v) is 10.5. The summed E-state index contributed by atoms with van der Waals surface area (Å²) in [5.41, 5.74) is 0.817. The van der Waals surface area contributed by atoms with Crippen molar-refractivity contribution in [1.82, 2.24) is 0 Å². The van der Waals surface area contributed by atoms with Crippen molar-refractivity contribution in [2.75, 3.05) is 6.61 Å². The van der Waals surface area contributed by atoms with Crippen LogP contribution in [0.1, 0.15) is 34.1 Å². The molecule has 0 aliphatic rings. The molecule has 0 aliphatic heterocycles. The highest BCUT2D eigenvalue weighted by Gasteiger charge is 2.31. The van der Waals surface area contributed by atoms with E-state index in [0.29, 0.717) is 6.61 Å². The quantitative estimate of drug-likeness (QED) is 0.278. The van der Waals surface area contributed by atoms with Crippen molar-refractivity contribution in [2.45, 2.75) is 57.8 Å². The molecule has 0 aromatic rings. The Bertz CT molecular complexity index is 220. The maximum Gasteiger partial charge on any atom is 0.330 e. The highest BCUT2D eigenvalue weighted by Crippen LogP contribution is 2.33. The molecule has 0 bridgehead atoms. The highest BCUT2D eigenvalue weighted by atomic mass is 28.3. The lowest BCUT2D eigenvalue weighted by atomic mass is 10.5. The molecule has 0 radical (unpaired) electrons. The monoisotopic (exact) mass is 242 g/mol. The minimum atomic E-state index is -1.12. The lowest BCUT2D eigenvalue weighted by molar-refractivity contribution is -0.137. The van der Waals surface area contributed by atoms with Gasteiger partial charge in [-0.2, -0.15) is 0 Å². The molecule has 0 aliphatic carbocycles. The molecule has 16 heavy (non-hydrogen) atoms. The maximum atomic E-state index is 10.9. The summed E-state index contributed by atoms with van der Waals surface area (Å²) in [4.78, 5) is 10.9. The third-order valence-corrected chi connectivity index (χ3v) is 10.5. The van der Waals surface area contributed by atoms with Gasteiger partial charge in [0.25, 0.3) is 0 Å². The predicted octanol–water partition coefficient (Wildman–Crippen LogP) is 4.00. The van der Waals surface area contributed by atoms with Gasteiger partial charge in [0.2, 0.25) is 0 Å². The van der Waals surface area contributed by atoms with E-state index < -0.39 is 8.07 Å². The zero-order chi connectivity index (χ0) is 12.6. The van der Waals surface area contributed by atoms with Gasteiger partial charge >= 0.3 is 5.97 Å². The molecule has 0 aromatic carbocycles. The van der Waals surface area contributed by atoms with Crippen molar-refractivity contribution in [3.05, 3.63) is 12.7 Å². The van der Waals surface area contributed by atoms with Gasteiger partial charge in [-0.25, -0.2) is 4.79 Å². The van der Waals surface area contributed by atoms with Crippen LogP contribution in [0.5, 0.6) is 0 Å². The Hall–Kier alpha value is -0.573. The molecule has 0 heterocycles. The van der Waals surface area contributed by atoms with E-state index in [-0.39, 0.29) is 5.97 Å². The van der Waals surface area contributed by atoms with Crippen LogP contribution in [0.3, 0.4) is 0 Å². The highest BCUT2D eigenvalue weighted by molar-refractivity contribution is 6.80. The van der Waals surface area contributed by atoms with E-state index in [0.717, 1.165) is 12.0 Å². The second-order valence-electron chi connectivity index (χ2n) is 4.70. The molecule has 0 unspecified atom stereocenters. The lowest BCUT2D eigenvalue weighted by Crippen LogP contribution is -2.36. The van der Waals surface area contributed by atoms with Crippen molar-refractivity contribution in [1.29, 1.82) is 0 Å². The van der Waals surface area contributed by atoms with Crippen LogP contribution in [0, 0.1) is 0 Å². The summed E-state index contributed by atoms with van der Waals surface area (Å²) < 4.78 is 5.02. The average Bonchev–Trinajstić information content (AvgIpc) is 2.29. The molecule has 0 aromatic heterocycles. The summed E-state index contributed by atoms with van der Waals surface area (Å²) in [6.07, 6.45) is 2.23. The molecule has 2 nitrogen and oxygen atoms in total. The van der Waals surface area contributed by atoms with Crippen molar-refractivity contribution < 1.29 is 9.53 Å². The Morgan fingerprint density at radius 3 is 2.31 bits per heavy atom. The first-order valence-corrected chi connectivity index (χ1v) is 9.01. The van der Waals surface area contributed by atoms with E-state index in [9.17, 15) is 4.79 Å². The SMILES string of the molecule is C=CC(=O)OCCC[Si](CC)(CC)C(C)C. The summed E-state index contributed by atoms with van der Waals surface area (Å²) >= 11 is 0. The standard InChI is InChI=1S/C13H26O2Si/c1-6-13(14)15-10-9-11-16(7-2,8-3)12(4)5/h6,12H,1,7-11H2,2-5H3. The summed E-state index contributed by atoms with van der Waals surface area (Å²) in [5, 5.41) is 0.